The monoisotopic (exact) mass is 325 g/mol. The number of nitrogens with one attached hydrogen (secondary N) is 1. The van der Waals surface area contributed by atoms with Crippen LogP contribution in [-0.2, 0) is 0 Å². The van der Waals surface area contributed by atoms with E-state index in [1.807, 2.05) is 6.07 Å². The molecule has 1 aromatic carbocycles. The standard InChI is InChI=1S/C15H20BrNO2/c1-2-5-17-15(10-3-4-10)11-8-13-14(9-12(11)16)19-7-6-18-13/h8-10,15,17H,2-7H2,1H3. The van der Waals surface area contributed by atoms with E-state index in [0.29, 0.717) is 19.3 Å². The third-order valence-corrected chi connectivity index (χ3v) is 4.39. The summed E-state index contributed by atoms with van der Waals surface area (Å²) in [4.78, 5) is 0. The SMILES string of the molecule is CCCNC(c1cc2c(cc1Br)OCCO2)C1CC1. The minimum atomic E-state index is 0.435. The lowest BCUT2D eigenvalue weighted by Crippen LogP contribution is -2.24. The summed E-state index contributed by atoms with van der Waals surface area (Å²) in [6, 6.07) is 4.63. The Balaban J connectivity index is 1.88. The molecule has 1 saturated carbocycles. The van der Waals surface area contributed by atoms with Crippen LogP contribution in [0.15, 0.2) is 16.6 Å². The average Bonchev–Trinajstić information content (AvgIpc) is 3.24. The lowest BCUT2D eigenvalue weighted by Gasteiger charge is -2.24. The molecule has 1 heterocycles. The summed E-state index contributed by atoms with van der Waals surface area (Å²) in [5, 5.41) is 3.67. The highest BCUT2D eigenvalue weighted by molar-refractivity contribution is 9.10. The van der Waals surface area contributed by atoms with E-state index in [9.17, 15) is 0 Å². The molecule has 104 valence electrons. The van der Waals surface area contributed by atoms with Crippen LogP contribution in [0, 0.1) is 5.92 Å². The van der Waals surface area contributed by atoms with E-state index in [4.69, 9.17) is 9.47 Å². The van der Waals surface area contributed by atoms with E-state index in [1.54, 1.807) is 0 Å². The Morgan fingerprint density at radius 2 is 1.95 bits per heavy atom. The molecule has 1 aliphatic heterocycles. The van der Waals surface area contributed by atoms with Gasteiger partial charge in [-0.05, 0) is 49.4 Å². The van der Waals surface area contributed by atoms with Crippen molar-refractivity contribution in [3.05, 3.63) is 22.2 Å². The zero-order valence-electron chi connectivity index (χ0n) is 11.2. The van der Waals surface area contributed by atoms with Gasteiger partial charge in [0, 0.05) is 10.5 Å². The van der Waals surface area contributed by atoms with Gasteiger partial charge in [0.1, 0.15) is 13.2 Å². The molecule has 0 spiro atoms. The van der Waals surface area contributed by atoms with Gasteiger partial charge in [-0.25, -0.2) is 0 Å². The molecule has 3 nitrogen and oxygen atoms in total. The average molecular weight is 326 g/mol. The van der Waals surface area contributed by atoms with E-state index < -0.39 is 0 Å². The minimum absolute atomic E-state index is 0.435. The van der Waals surface area contributed by atoms with Crippen molar-refractivity contribution >= 4 is 15.9 Å². The maximum Gasteiger partial charge on any atom is 0.162 e. The fraction of sp³-hybridized carbons (Fsp3) is 0.600. The van der Waals surface area contributed by atoms with Crippen LogP contribution in [-0.4, -0.2) is 19.8 Å². The first-order chi connectivity index (χ1) is 9.29. The Bertz CT molecular complexity index is 460. The molecule has 2 aliphatic rings. The highest BCUT2D eigenvalue weighted by Crippen LogP contribution is 2.46. The molecule has 4 heteroatoms. The molecule has 3 rings (SSSR count). The van der Waals surface area contributed by atoms with Crippen molar-refractivity contribution in [2.75, 3.05) is 19.8 Å². The Hall–Kier alpha value is -0.740. The van der Waals surface area contributed by atoms with Crippen LogP contribution in [0.4, 0.5) is 0 Å². The molecule has 0 bridgehead atoms. The normalized spacial score (nSPS) is 19.3. The second kappa shape index (κ2) is 5.71. The van der Waals surface area contributed by atoms with E-state index in [1.165, 1.54) is 18.4 Å². The Labute approximate surface area is 122 Å². The lowest BCUT2D eigenvalue weighted by atomic mass is 10.0. The molecule has 1 atom stereocenters. The fourth-order valence-electron chi connectivity index (χ4n) is 2.58. The molecule has 19 heavy (non-hydrogen) atoms. The zero-order chi connectivity index (χ0) is 13.2. The summed E-state index contributed by atoms with van der Waals surface area (Å²) < 4.78 is 12.4. The molecule has 1 aromatic rings. The van der Waals surface area contributed by atoms with Gasteiger partial charge in [-0.1, -0.05) is 22.9 Å². The molecule has 0 aromatic heterocycles. The topological polar surface area (TPSA) is 30.5 Å². The van der Waals surface area contributed by atoms with Crippen molar-refractivity contribution in [3.8, 4) is 11.5 Å². The summed E-state index contributed by atoms with van der Waals surface area (Å²) in [6.07, 6.45) is 3.80. The first-order valence-corrected chi connectivity index (χ1v) is 7.91. The predicted octanol–water partition coefficient (Wildman–Crippen LogP) is 3.67. The molecule has 1 unspecified atom stereocenters. The Morgan fingerprint density at radius 1 is 1.26 bits per heavy atom. The van der Waals surface area contributed by atoms with Crippen LogP contribution < -0.4 is 14.8 Å². The van der Waals surface area contributed by atoms with Crippen LogP contribution in [0.1, 0.15) is 37.8 Å². The first-order valence-electron chi connectivity index (χ1n) is 7.12. The van der Waals surface area contributed by atoms with Gasteiger partial charge in [-0.2, -0.15) is 0 Å². The Morgan fingerprint density at radius 3 is 2.58 bits per heavy atom. The van der Waals surface area contributed by atoms with E-state index in [-0.39, 0.29) is 0 Å². The van der Waals surface area contributed by atoms with Gasteiger partial charge in [0.15, 0.2) is 11.5 Å². The number of hydrogen-bond donors (Lipinski definition) is 1. The quantitative estimate of drug-likeness (QED) is 0.895. The van der Waals surface area contributed by atoms with Crippen molar-refractivity contribution in [2.45, 2.75) is 32.2 Å². The summed E-state index contributed by atoms with van der Waals surface area (Å²) in [7, 11) is 0. The fourth-order valence-corrected chi connectivity index (χ4v) is 3.15. The number of benzene rings is 1. The number of ether oxygens (including phenoxy) is 2. The van der Waals surface area contributed by atoms with Gasteiger partial charge in [-0.15, -0.1) is 0 Å². The van der Waals surface area contributed by atoms with Crippen LogP contribution in [0.3, 0.4) is 0 Å². The van der Waals surface area contributed by atoms with Crippen molar-refractivity contribution < 1.29 is 9.47 Å². The van der Waals surface area contributed by atoms with Gasteiger partial charge < -0.3 is 14.8 Å². The largest absolute Gasteiger partial charge is 0.486 e. The predicted molar refractivity (Wildman–Crippen MR) is 78.9 cm³/mol. The van der Waals surface area contributed by atoms with Gasteiger partial charge >= 0.3 is 0 Å². The van der Waals surface area contributed by atoms with Crippen LogP contribution in [0.2, 0.25) is 0 Å². The van der Waals surface area contributed by atoms with Gasteiger partial charge in [0.05, 0.1) is 0 Å². The van der Waals surface area contributed by atoms with Crippen LogP contribution in [0.5, 0.6) is 11.5 Å². The van der Waals surface area contributed by atoms with Crippen molar-refractivity contribution in [1.29, 1.82) is 0 Å². The van der Waals surface area contributed by atoms with Crippen molar-refractivity contribution in [2.24, 2.45) is 5.92 Å². The van der Waals surface area contributed by atoms with E-state index in [0.717, 1.165) is 34.9 Å². The third-order valence-electron chi connectivity index (χ3n) is 3.70. The maximum absolute atomic E-state index is 5.70. The molecular weight excluding hydrogens is 306 g/mol. The van der Waals surface area contributed by atoms with Gasteiger partial charge in [-0.3, -0.25) is 0 Å². The second-order valence-corrected chi connectivity index (χ2v) is 6.14. The third kappa shape index (κ3) is 2.90. The second-order valence-electron chi connectivity index (χ2n) is 5.29. The molecule has 0 amide bonds. The minimum Gasteiger partial charge on any atom is -0.486 e. The Kier molecular flexibility index (Phi) is 3.99. The lowest BCUT2D eigenvalue weighted by molar-refractivity contribution is 0.171. The van der Waals surface area contributed by atoms with E-state index in [2.05, 4.69) is 34.2 Å². The summed E-state index contributed by atoms with van der Waals surface area (Å²) >= 11 is 3.69. The summed E-state index contributed by atoms with van der Waals surface area (Å²) in [5.74, 6) is 2.51. The molecule has 1 N–H and O–H groups in total. The molecule has 1 aliphatic carbocycles. The van der Waals surface area contributed by atoms with Crippen molar-refractivity contribution in [3.63, 3.8) is 0 Å². The summed E-state index contributed by atoms with van der Waals surface area (Å²) in [5.41, 5.74) is 1.31. The van der Waals surface area contributed by atoms with Crippen LogP contribution >= 0.6 is 15.9 Å². The molecular formula is C15H20BrNO2. The first kappa shape index (κ1) is 13.3. The zero-order valence-corrected chi connectivity index (χ0v) is 12.8. The van der Waals surface area contributed by atoms with Crippen LogP contribution in [0.25, 0.3) is 0 Å². The van der Waals surface area contributed by atoms with Crippen molar-refractivity contribution in [1.82, 2.24) is 5.32 Å². The molecule has 1 fully saturated rings. The highest BCUT2D eigenvalue weighted by Gasteiger charge is 2.33. The number of rotatable bonds is 5. The number of halogens is 1. The summed E-state index contributed by atoms with van der Waals surface area (Å²) in [6.45, 7) is 4.54. The highest BCUT2D eigenvalue weighted by atomic mass is 79.9. The molecule has 0 saturated heterocycles. The smallest absolute Gasteiger partial charge is 0.162 e. The van der Waals surface area contributed by atoms with E-state index >= 15 is 0 Å². The maximum atomic E-state index is 5.70. The molecule has 0 radical (unpaired) electrons. The van der Waals surface area contributed by atoms with Gasteiger partial charge in [0.2, 0.25) is 0 Å². The number of fused-ring (bicyclic) bond motifs is 1. The number of hydrogen-bond acceptors (Lipinski definition) is 3. The van der Waals surface area contributed by atoms with Gasteiger partial charge in [0.25, 0.3) is 0 Å².